The van der Waals surface area contributed by atoms with Gasteiger partial charge in [0.1, 0.15) is 5.75 Å². The van der Waals surface area contributed by atoms with Crippen LogP contribution in [0.3, 0.4) is 0 Å². The van der Waals surface area contributed by atoms with Crippen molar-refractivity contribution in [1.29, 1.82) is 0 Å². The van der Waals surface area contributed by atoms with Gasteiger partial charge in [-0.3, -0.25) is 4.31 Å². The lowest BCUT2D eigenvalue weighted by Gasteiger charge is -2.30. The van der Waals surface area contributed by atoms with E-state index in [2.05, 4.69) is 11.8 Å². The highest BCUT2D eigenvalue weighted by Crippen LogP contribution is 2.40. The topological polar surface area (TPSA) is 49.9 Å². The fourth-order valence-electron chi connectivity index (χ4n) is 4.75. The monoisotopic (exact) mass is 482 g/mol. The molecule has 0 spiro atoms. The minimum absolute atomic E-state index is 0.324. The van der Waals surface area contributed by atoms with Crippen LogP contribution < -0.4 is 9.04 Å². The van der Waals surface area contributed by atoms with E-state index in [4.69, 9.17) is 4.74 Å². The number of fused-ring (bicyclic) bond motifs is 2. The Balaban J connectivity index is 1.34. The summed E-state index contributed by atoms with van der Waals surface area (Å²) in [6.07, 6.45) is 3.53. The van der Waals surface area contributed by atoms with E-state index in [0.29, 0.717) is 29.8 Å². The molecule has 0 bridgehead atoms. The predicted molar refractivity (Wildman–Crippen MR) is 136 cm³/mol. The number of nitrogens with zero attached hydrogens (tertiary/aromatic N) is 2. The molecule has 5 rings (SSSR count). The van der Waals surface area contributed by atoms with Crippen LogP contribution >= 0.6 is 11.8 Å². The molecule has 0 amide bonds. The fraction of sp³-hybridized carbons (Fsp3) is 0.385. The third kappa shape index (κ3) is 4.72. The van der Waals surface area contributed by atoms with E-state index >= 15 is 0 Å². The van der Waals surface area contributed by atoms with Gasteiger partial charge in [-0.25, -0.2) is 8.42 Å². The van der Waals surface area contributed by atoms with Crippen molar-refractivity contribution in [3.05, 3.63) is 60.7 Å². The minimum atomic E-state index is -3.67. The van der Waals surface area contributed by atoms with Crippen molar-refractivity contribution in [3.63, 3.8) is 0 Å². The Bertz CT molecular complexity index is 1250. The molecule has 0 radical (unpaired) electrons. The van der Waals surface area contributed by atoms with E-state index in [1.165, 1.54) is 19.4 Å². The van der Waals surface area contributed by atoms with Gasteiger partial charge in [-0.15, -0.1) is 11.8 Å². The van der Waals surface area contributed by atoms with Gasteiger partial charge in [-0.2, -0.15) is 0 Å². The summed E-state index contributed by atoms with van der Waals surface area (Å²) in [5.74, 6) is 1.46. The molecule has 0 aromatic heterocycles. The van der Waals surface area contributed by atoms with Crippen LogP contribution in [0.25, 0.3) is 10.8 Å². The molecule has 0 unspecified atom stereocenters. The molecule has 3 aromatic carbocycles. The number of hydrogen-bond acceptors (Lipinski definition) is 5. The first kappa shape index (κ1) is 22.6. The molecular weight excluding hydrogens is 452 g/mol. The SMILES string of the molecule is C[C@H]1CCCN1CCCOc1ccc2c(c1)N(S(=O)(=O)c1ccc3ccccc3c1)CCS2. The average molecular weight is 483 g/mol. The molecular formula is C26H30N2O3S2. The summed E-state index contributed by atoms with van der Waals surface area (Å²) in [4.78, 5) is 3.82. The Hall–Kier alpha value is -2.22. The second-order valence-electron chi connectivity index (χ2n) is 8.79. The van der Waals surface area contributed by atoms with Gasteiger partial charge in [0.15, 0.2) is 0 Å². The zero-order valence-electron chi connectivity index (χ0n) is 18.9. The maximum absolute atomic E-state index is 13.6. The lowest BCUT2D eigenvalue weighted by atomic mass is 10.1. The highest BCUT2D eigenvalue weighted by molar-refractivity contribution is 8.00. The van der Waals surface area contributed by atoms with Crippen LogP contribution in [0.2, 0.25) is 0 Å². The Morgan fingerprint density at radius 1 is 1.03 bits per heavy atom. The summed E-state index contributed by atoms with van der Waals surface area (Å²) in [6, 6.07) is 19.7. The average Bonchev–Trinajstić information content (AvgIpc) is 3.25. The van der Waals surface area contributed by atoms with Crippen LogP contribution in [-0.4, -0.2) is 51.4 Å². The first-order valence-electron chi connectivity index (χ1n) is 11.7. The van der Waals surface area contributed by atoms with Gasteiger partial charge in [-0.1, -0.05) is 30.3 Å². The maximum atomic E-state index is 13.6. The van der Waals surface area contributed by atoms with Crippen molar-refractivity contribution < 1.29 is 13.2 Å². The number of sulfonamides is 1. The van der Waals surface area contributed by atoms with E-state index in [9.17, 15) is 8.42 Å². The summed E-state index contributed by atoms with van der Waals surface area (Å²) in [5, 5.41) is 1.96. The Morgan fingerprint density at radius 3 is 2.70 bits per heavy atom. The van der Waals surface area contributed by atoms with E-state index in [0.717, 1.165) is 40.1 Å². The van der Waals surface area contributed by atoms with Crippen LogP contribution in [0.5, 0.6) is 5.75 Å². The summed E-state index contributed by atoms with van der Waals surface area (Å²) in [7, 11) is -3.67. The van der Waals surface area contributed by atoms with Gasteiger partial charge in [0.05, 0.1) is 17.2 Å². The lowest BCUT2D eigenvalue weighted by Crippen LogP contribution is -2.35. The van der Waals surface area contributed by atoms with Crippen molar-refractivity contribution in [2.24, 2.45) is 0 Å². The maximum Gasteiger partial charge on any atom is 0.264 e. The van der Waals surface area contributed by atoms with Gasteiger partial charge in [0.25, 0.3) is 10.0 Å². The van der Waals surface area contributed by atoms with E-state index in [1.54, 1.807) is 28.2 Å². The second-order valence-corrected chi connectivity index (χ2v) is 11.8. The van der Waals surface area contributed by atoms with Crippen molar-refractivity contribution in [1.82, 2.24) is 4.90 Å². The quantitative estimate of drug-likeness (QED) is 0.423. The molecule has 0 aliphatic carbocycles. The predicted octanol–water partition coefficient (Wildman–Crippen LogP) is 5.39. The smallest absolute Gasteiger partial charge is 0.264 e. The zero-order chi connectivity index (χ0) is 22.8. The number of likely N-dealkylation sites (tertiary alicyclic amines) is 1. The second kappa shape index (κ2) is 9.57. The molecule has 3 aromatic rings. The van der Waals surface area contributed by atoms with E-state index in [1.807, 2.05) is 48.5 Å². The number of rotatable bonds is 7. The number of benzene rings is 3. The van der Waals surface area contributed by atoms with Gasteiger partial charge in [0.2, 0.25) is 0 Å². The standard InChI is InChI=1S/C26H30N2O3S2/c1-20-6-4-13-27(20)14-5-16-31-23-10-12-26-25(19-23)28(15-17-32-26)33(29,30)24-11-9-21-7-2-3-8-22(21)18-24/h2-3,7-12,18-20H,4-6,13-17H2,1H3/t20-/m0/s1. The number of hydrogen-bond donors (Lipinski definition) is 0. The van der Waals surface area contributed by atoms with Crippen molar-refractivity contribution in [2.45, 2.75) is 42.0 Å². The van der Waals surface area contributed by atoms with Crippen molar-refractivity contribution in [3.8, 4) is 5.75 Å². The van der Waals surface area contributed by atoms with Crippen LogP contribution in [0.15, 0.2) is 70.5 Å². The Labute approximate surface area is 200 Å². The third-order valence-electron chi connectivity index (χ3n) is 6.61. The molecule has 7 heteroatoms. The molecule has 174 valence electrons. The zero-order valence-corrected chi connectivity index (χ0v) is 20.6. The summed E-state index contributed by atoms with van der Waals surface area (Å²) >= 11 is 1.69. The number of ether oxygens (including phenoxy) is 1. The molecule has 1 fully saturated rings. The van der Waals surface area contributed by atoms with Gasteiger partial charge in [0, 0.05) is 35.8 Å². The summed E-state index contributed by atoms with van der Waals surface area (Å²) < 4.78 is 34.8. The highest BCUT2D eigenvalue weighted by atomic mass is 32.2. The molecule has 1 saturated heterocycles. The molecule has 2 aliphatic rings. The van der Waals surface area contributed by atoms with Crippen LogP contribution in [0.4, 0.5) is 5.69 Å². The highest BCUT2D eigenvalue weighted by Gasteiger charge is 2.30. The molecule has 33 heavy (non-hydrogen) atoms. The lowest BCUT2D eigenvalue weighted by molar-refractivity contribution is 0.230. The Morgan fingerprint density at radius 2 is 1.88 bits per heavy atom. The van der Waals surface area contributed by atoms with Crippen LogP contribution in [0, 0.1) is 0 Å². The first-order chi connectivity index (χ1) is 16.0. The molecule has 0 N–H and O–H groups in total. The fourth-order valence-corrected chi connectivity index (χ4v) is 7.41. The summed E-state index contributed by atoms with van der Waals surface area (Å²) in [6.45, 7) is 5.60. The van der Waals surface area contributed by atoms with E-state index < -0.39 is 10.0 Å². The van der Waals surface area contributed by atoms with Crippen LogP contribution in [0.1, 0.15) is 26.2 Å². The molecule has 0 saturated carbocycles. The van der Waals surface area contributed by atoms with Crippen molar-refractivity contribution in [2.75, 3.05) is 36.3 Å². The van der Waals surface area contributed by atoms with Gasteiger partial charge < -0.3 is 9.64 Å². The van der Waals surface area contributed by atoms with Gasteiger partial charge in [-0.05, 0) is 67.8 Å². The molecule has 2 aliphatic heterocycles. The van der Waals surface area contributed by atoms with Crippen LogP contribution in [-0.2, 0) is 10.0 Å². The molecule has 5 nitrogen and oxygen atoms in total. The number of thioether (sulfide) groups is 1. The normalized spacial score (nSPS) is 19.1. The summed E-state index contributed by atoms with van der Waals surface area (Å²) in [5.41, 5.74) is 0.713. The molecule has 1 atom stereocenters. The Kier molecular flexibility index (Phi) is 6.54. The first-order valence-corrected chi connectivity index (χ1v) is 14.1. The minimum Gasteiger partial charge on any atom is -0.493 e. The number of anilines is 1. The van der Waals surface area contributed by atoms with Crippen molar-refractivity contribution >= 4 is 38.2 Å². The van der Waals surface area contributed by atoms with E-state index in [-0.39, 0.29) is 0 Å². The van der Waals surface area contributed by atoms with Gasteiger partial charge >= 0.3 is 0 Å². The largest absolute Gasteiger partial charge is 0.493 e. The molecule has 2 heterocycles. The third-order valence-corrected chi connectivity index (χ3v) is 9.46.